The van der Waals surface area contributed by atoms with Crippen LogP contribution in [0.5, 0.6) is 0 Å². The maximum absolute atomic E-state index is 13.7. The number of hydrogen-bond acceptors (Lipinski definition) is 0. The fourth-order valence-corrected chi connectivity index (χ4v) is 1.51. The molecule has 2 aromatic rings. The minimum Gasteiger partial charge on any atom is -0.206 e. The molecule has 0 aliphatic heterocycles. The van der Waals surface area contributed by atoms with E-state index in [0.29, 0.717) is 5.56 Å². The van der Waals surface area contributed by atoms with Crippen molar-refractivity contribution in [2.24, 2.45) is 0 Å². The van der Waals surface area contributed by atoms with Crippen molar-refractivity contribution in [2.45, 2.75) is 0 Å². The van der Waals surface area contributed by atoms with E-state index in [1.807, 2.05) is 36.4 Å². The third kappa shape index (κ3) is 1.96. The SMILES string of the molecule is C=Cc1ccc(-c2ccccc2)c(F)c1. The largest absolute Gasteiger partial charge is 0.206 e. The van der Waals surface area contributed by atoms with E-state index < -0.39 is 0 Å². The van der Waals surface area contributed by atoms with E-state index in [1.54, 1.807) is 12.1 Å². The molecule has 15 heavy (non-hydrogen) atoms. The Bertz CT molecular complexity index is 472. The molecule has 0 heterocycles. The van der Waals surface area contributed by atoms with Crippen LogP contribution < -0.4 is 0 Å². The second-order valence-corrected chi connectivity index (χ2v) is 3.31. The highest BCUT2D eigenvalue weighted by atomic mass is 19.1. The van der Waals surface area contributed by atoms with Gasteiger partial charge in [0.15, 0.2) is 0 Å². The zero-order valence-corrected chi connectivity index (χ0v) is 8.28. The molecule has 0 unspecified atom stereocenters. The van der Waals surface area contributed by atoms with Crippen LogP contribution in [0.2, 0.25) is 0 Å². The van der Waals surface area contributed by atoms with Gasteiger partial charge in [-0.2, -0.15) is 0 Å². The third-order valence-corrected chi connectivity index (χ3v) is 2.31. The molecule has 1 heteroatoms. The van der Waals surface area contributed by atoms with Gasteiger partial charge in [-0.1, -0.05) is 55.1 Å². The van der Waals surface area contributed by atoms with Gasteiger partial charge >= 0.3 is 0 Å². The Morgan fingerprint density at radius 3 is 2.33 bits per heavy atom. The van der Waals surface area contributed by atoms with Gasteiger partial charge in [0, 0.05) is 5.56 Å². The van der Waals surface area contributed by atoms with Crippen LogP contribution in [-0.4, -0.2) is 0 Å². The lowest BCUT2D eigenvalue weighted by atomic mass is 10.0. The maximum Gasteiger partial charge on any atom is 0.131 e. The zero-order chi connectivity index (χ0) is 10.7. The number of rotatable bonds is 2. The van der Waals surface area contributed by atoms with Crippen LogP contribution in [-0.2, 0) is 0 Å². The van der Waals surface area contributed by atoms with Crippen LogP contribution in [0, 0.1) is 5.82 Å². The first-order valence-corrected chi connectivity index (χ1v) is 4.78. The van der Waals surface area contributed by atoms with Crippen molar-refractivity contribution in [2.75, 3.05) is 0 Å². The van der Waals surface area contributed by atoms with Crippen molar-refractivity contribution in [1.82, 2.24) is 0 Å². The van der Waals surface area contributed by atoms with Gasteiger partial charge in [0.1, 0.15) is 5.82 Å². The topological polar surface area (TPSA) is 0 Å². The summed E-state index contributed by atoms with van der Waals surface area (Å²) in [4.78, 5) is 0. The Labute approximate surface area is 88.7 Å². The molecule has 0 spiro atoms. The van der Waals surface area contributed by atoms with Gasteiger partial charge in [-0.15, -0.1) is 0 Å². The monoisotopic (exact) mass is 198 g/mol. The highest BCUT2D eigenvalue weighted by Gasteiger charge is 2.03. The third-order valence-electron chi connectivity index (χ3n) is 2.31. The van der Waals surface area contributed by atoms with Crippen molar-refractivity contribution < 1.29 is 4.39 Å². The number of halogens is 1. The van der Waals surface area contributed by atoms with E-state index in [1.165, 1.54) is 6.07 Å². The van der Waals surface area contributed by atoms with Crippen LogP contribution in [0.4, 0.5) is 4.39 Å². The van der Waals surface area contributed by atoms with Crippen molar-refractivity contribution in [1.29, 1.82) is 0 Å². The van der Waals surface area contributed by atoms with Gasteiger partial charge in [-0.05, 0) is 17.2 Å². The molecule has 0 nitrogen and oxygen atoms in total. The van der Waals surface area contributed by atoms with E-state index in [4.69, 9.17) is 0 Å². The molecule has 0 atom stereocenters. The van der Waals surface area contributed by atoms with Crippen molar-refractivity contribution in [3.63, 3.8) is 0 Å². The average molecular weight is 198 g/mol. The van der Waals surface area contributed by atoms with Crippen LogP contribution in [0.15, 0.2) is 55.1 Å². The Balaban J connectivity index is 2.51. The highest BCUT2D eigenvalue weighted by molar-refractivity contribution is 5.66. The molecule has 0 aliphatic rings. The summed E-state index contributed by atoms with van der Waals surface area (Å²) in [6, 6.07) is 14.6. The Morgan fingerprint density at radius 1 is 1.00 bits per heavy atom. The maximum atomic E-state index is 13.7. The first-order valence-electron chi connectivity index (χ1n) is 4.78. The smallest absolute Gasteiger partial charge is 0.131 e. The highest BCUT2D eigenvalue weighted by Crippen LogP contribution is 2.23. The second kappa shape index (κ2) is 4.09. The predicted molar refractivity (Wildman–Crippen MR) is 61.9 cm³/mol. The van der Waals surface area contributed by atoms with E-state index in [0.717, 1.165) is 11.1 Å². The fraction of sp³-hybridized carbons (Fsp3) is 0. The molecule has 0 fully saturated rings. The average Bonchev–Trinajstić information content (AvgIpc) is 2.30. The summed E-state index contributed by atoms with van der Waals surface area (Å²) in [5, 5.41) is 0. The van der Waals surface area contributed by atoms with Crippen molar-refractivity contribution in [3.05, 3.63) is 66.5 Å². The molecular formula is C14H11F. The summed E-state index contributed by atoms with van der Waals surface area (Å²) < 4.78 is 13.7. The van der Waals surface area contributed by atoms with Crippen LogP contribution in [0.25, 0.3) is 17.2 Å². The van der Waals surface area contributed by atoms with E-state index >= 15 is 0 Å². The molecular weight excluding hydrogens is 187 g/mol. The number of hydrogen-bond donors (Lipinski definition) is 0. The minimum absolute atomic E-state index is 0.210. The molecule has 2 aromatic carbocycles. The summed E-state index contributed by atoms with van der Waals surface area (Å²) in [5.74, 6) is -0.210. The second-order valence-electron chi connectivity index (χ2n) is 3.31. The summed E-state index contributed by atoms with van der Waals surface area (Å²) in [7, 11) is 0. The first-order chi connectivity index (χ1) is 7.31. The molecule has 0 N–H and O–H groups in total. The molecule has 0 saturated carbocycles. The predicted octanol–water partition coefficient (Wildman–Crippen LogP) is 4.14. The first kappa shape index (κ1) is 9.66. The van der Waals surface area contributed by atoms with Crippen molar-refractivity contribution in [3.8, 4) is 11.1 Å². The lowest BCUT2D eigenvalue weighted by Crippen LogP contribution is -1.84. The zero-order valence-electron chi connectivity index (χ0n) is 8.28. The van der Waals surface area contributed by atoms with Crippen LogP contribution in [0.3, 0.4) is 0 Å². The van der Waals surface area contributed by atoms with Gasteiger partial charge < -0.3 is 0 Å². The normalized spacial score (nSPS) is 9.93. The summed E-state index contributed by atoms with van der Waals surface area (Å²) in [5.41, 5.74) is 2.32. The van der Waals surface area contributed by atoms with Crippen LogP contribution in [0.1, 0.15) is 5.56 Å². The fourth-order valence-electron chi connectivity index (χ4n) is 1.51. The minimum atomic E-state index is -0.210. The van der Waals surface area contributed by atoms with Gasteiger partial charge in [0.05, 0.1) is 0 Å². The summed E-state index contributed by atoms with van der Waals surface area (Å²) >= 11 is 0. The van der Waals surface area contributed by atoms with Gasteiger partial charge in [-0.3, -0.25) is 0 Å². The van der Waals surface area contributed by atoms with E-state index in [9.17, 15) is 4.39 Å². The summed E-state index contributed by atoms with van der Waals surface area (Å²) in [6.45, 7) is 3.61. The van der Waals surface area contributed by atoms with E-state index in [-0.39, 0.29) is 5.82 Å². The standard InChI is InChI=1S/C14H11F/c1-2-11-8-9-13(14(15)10-11)12-6-4-3-5-7-12/h2-10H,1H2. The molecule has 0 amide bonds. The van der Waals surface area contributed by atoms with Crippen LogP contribution >= 0.6 is 0 Å². The molecule has 2 rings (SSSR count). The molecule has 74 valence electrons. The lowest BCUT2D eigenvalue weighted by Gasteiger charge is -2.03. The Kier molecular flexibility index (Phi) is 2.64. The molecule has 0 aliphatic carbocycles. The molecule has 0 radical (unpaired) electrons. The molecule has 0 aromatic heterocycles. The van der Waals surface area contributed by atoms with Gasteiger partial charge in [-0.25, -0.2) is 4.39 Å². The quantitative estimate of drug-likeness (QED) is 0.680. The lowest BCUT2D eigenvalue weighted by molar-refractivity contribution is 0.631. The Hall–Kier alpha value is -1.89. The number of benzene rings is 2. The molecule has 0 bridgehead atoms. The van der Waals surface area contributed by atoms with Gasteiger partial charge in [0.2, 0.25) is 0 Å². The molecule has 0 saturated heterocycles. The Morgan fingerprint density at radius 2 is 1.73 bits per heavy atom. The summed E-state index contributed by atoms with van der Waals surface area (Å²) in [6.07, 6.45) is 1.64. The van der Waals surface area contributed by atoms with Gasteiger partial charge in [0.25, 0.3) is 0 Å². The van der Waals surface area contributed by atoms with E-state index in [2.05, 4.69) is 6.58 Å². The van der Waals surface area contributed by atoms with Crippen molar-refractivity contribution >= 4 is 6.08 Å².